The Morgan fingerprint density at radius 2 is 1.62 bits per heavy atom. The van der Waals surface area contributed by atoms with Crippen molar-refractivity contribution >= 4 is 17.7 Å². The summed E-state index contributed by atoms with van der Waals surface area (Å²) in [7, 11) is 0. The average molecular weight is 334 g/mol. The van der Waals surface area contributed by atoms with Crippen LogP contribution in [0.5, 0.6) is 0 Å². The molecule has 24 heavy (non-hydrogen) atoms. The highest BCUT2D eigenvalue weighted by Crippen LogP contribution is 2.94. The van der Waals surface area contributed by atoms with Crippen molar-refractivity contribution in [2.75, 3.05) is 0 Å². The Balaban J connectivity index is 1.96. The van der Waals surface area contributed by atoms with Crippen molar-refractivity contribution in [3.63, 3.8) is 0 Å². The predicted molar refractivity (Wildman–Crippen MR) is 84.8 cm³/mol. The molecule has 7 atom stereocenters. The van der Waals surface area contributed by atoms with Gasteiger partial charge in [0.25, 0.3) is 0 Å². The maximum absolute atomic E-state index is 12.9. The van der Waals surface area contributed by atoms with Crippen LogP contribution in [-0.4, -0.2) is 29.9 Å². The molecule has 5 rings (SSSR count). The van der Waals surface area contributed by atoms with E-state index in [2.05, 4.69) is 13.8 Å². The van der Waals surface area contributed by atoms with Crippen molar-refractivity contribution in [2.45, 2.75) is 66.6 Å². The van der Waals surface area contributed by atoms with Crippen molar-refractivity contribution < 1.29 is 23.9 Å². The second-order valence-corrected chi connectivity index (χ2v) is 9.22. The van der Waals surface area contributed by atoms with Gasteiger partial charge in [0.2, 0.25) is 0 Å². The lowest BCUT2D eigenvalue weighted by molar-refractivity contribution is -0.204. The van der Waals surface area contributed by atoms with Crippen LogP contribution >= 0.6 is 0 Å². The fourth-order valence-corrected chi connectivity index (χ4v) is 7.70. The Bertz CT molecular complexity index is 681. The lowest BCUT2D eigenvalue weighted by Crippen LogP contribution is -2.63. The quantitative estimate of drug-likeness (QED) is 0.726. The number of rotatable bonds is 2. The van der Waals surface area contributed by atoms with Gasteiger partial charge in [0.1, 0.15) is 18.0 Å². The number of hydrogen-bond donors (Lipinski definition) is 0. The Morgan fingerprint density at radius 3 is 2.17 bits per heavy atom. The zero-order valence-electron chi connectivity index (χ0n) is 15.3. The number of hydrogen-bond acceptors (Lipinski definition) is 5. The van der Waals surface area contributed by atoms with Gasteiger partial charge < -0.3 is 9.47 Å². The molecular formula is C19H26O5. The van der Waals surface area contributed by atoms with E-state index in [1.165, 1.54) is 13.8 Å². The molecule has 1 unspecified atom stereocenters. The third kappa shape index (κ3) is 1.28. The van der Waals surface area contributed by atoms with Crippen LogP contribution < -0.4 is 0 Å². The molecule has 0 heterocycles. The molecule has 5 aliphatic carbocycles. The summed E-state index contributed by atoms with van der Waals surface area (Å²) in [5.41, 5.74) is -1.66. The largest absolute Gasteiger partial charge is 0.461 e. The molecule has 0 aromatic heterocycles. The minimum Gasteiger partial charge on any atom is -0.461 e. The minimum atomic E-state index is -0.693. The Hall–Kier alpha value is -1.39. The van der Waals surface area contributed by atoms with Crippen LogP contribution in [0.1, 0.15) is 54.4 Å². The van der Waals surface area contributed by atoms with E-state index in [0.717, 1.165) is 6.42 Å². The SMILES string of the molecule is CC(=O)O[C@@H]1[C@@H]2[C@H]3C2(C)[C@@H](OC(C)=O)[C@@]12C(C)(C)C(=O)CC[C@]32C. The highest BCUT2D eigenvalue weighted by Gasteiger charge is 2.99. The summed E-state index contributed by atoms with van der Waals surface area (Å²) in [5, 5.41) is 0. The Morgan fingerprint density at radius 1 is 1.04 bits per heavy atom. The third-order valence-electron chi connectivity index (χ3n) is 8.20. The number of esters is 2. The number of ether oxygens (including phenoxy) is 2. The molecule has 0 amide bonds. The normalized spacial score (nSPS) is 52.7. The van der Waals surface area contributed by atoms with Gasteiger partial charge in [-0.1, -0.05) is 27.7 Å². The molecule has 5 heteroatoms. The van der Waals surface area contributed by atoms with Gasteiger partial charge in [-0.15, -0.1) is 0 Å². The lowest BCUT2D eigenvalue weighted by atomic mass is 9.47. The highest BCUT2D eigenvalue weighted by atomic mass is 16.6. The van der Waals surface area contributed by atoms with Crippen LogP contribution in [0.15, 0.2) is 0 Å². The van der Waals surface area contributed by atoms with Gasteiger partial charge in [-0.25, -0.2) is 0 Å². The van der Waals surface area contributed by atoms with Gasteiger partial charge in [-0.3, -0.25) is 14.4 Å². The number of carbonyl (C=O) groups excluding carboxylic acids is 3. The van der Waals surface area contributed by atoms with Crippen LogP contribution in [0, 0.1) is 33.5 Å². The smallest absolute Gasteiger partial charge is 0.302 e. The molecule has 5 fully saturated rings. The molecule has 4 bridgehead atoms. The molecule has 132 valence electrons. The van der Waals surface area contributed by atoms with E-state index in [9.17, 15) is 14.4 Å². The first-order chi connectivity index (χ1) is 11.0. The van der Waals surface area contributed by atoms with Crippen molar-refractivity contribution in [1.29, 1.82) is 0 Å². The van der Waals surface area contributed by atoms with E-state index in [1.807, 2.05) is 13.8 Å². The number of ketones is 1. The summed E-state index contributed by atoms with van der Waals surface area (Å²) in [6, 6.07) is 0. The fraction of sp³-hybridized carbons (Fsp3) is 0.842. The zero-order valence-corrected chi connectivity index (χ0v) is 15.3. The van der Waals surface area contributed by atoms with Gasteiger partial charge in [0.05, 0.1) is 5.41 Å². The minimum absolute atomic E-state index is 0.149. The van der Waals surface area contributed by atoms with E-state index >= 15 is 0 Å². The molecule has 5 saturated carbocycles. The van der Waals surface area contributed by atoms with Crippen molar-refractivity contribution in [3.8, 4) is 0 Å². The lowest BCUT2D eigenvalue weighted by Gasteiger charge is -2.57. The summed E-state index contributed by atoms with van der Waals surface area (Å²) >= 11 is 0. The van der Waals surface area contributed by atoms with Crippen LogP contribution in [0.2, 0.25) is 0 Å². The summed E-state index contributed by atoms with van der Waals surface area (Å²) < 4.78 is 11.7. The highest BCUT2D eigenvalue weighted by molar-refractivity contribution is 5.88. The van der Waals surface area contributed by atoms with E-state index in [-0.39, 0.29) is 46.7 Å². The standard InChI is InChI=1S/C19H26O5/c1-9(20)23-14-12-13-17(5)8-7-11(22)16(3,4)19(14,17)15(18(12,13)6)24-10(2)21/h12-15H,7-8H2,1-6H3/t12-,13+,14+,15+,17+,18?,19+/m0/s1. The van der Waals surface area contributed by atoms with Crippen LogP contribution in [0.3, 0.4) is 0 Å². The number of carbonyl (C=O) groups is 3. The van der Waals surface area contributed by atoms with Crippen LogP contribution in [0.4, 0.5) is 0 Å². The topological polar surface area (TPSA) is 69.7 Å². The summed E-state index contributed by atoms with van der Waals surface area (Å²) in [5.74, 6) is 0.0484. The molecule has 5 aliphatic rings. The maximum atomic E-state index is 12.9. The molecule has 1 spiro atoms. The first-order valence-electron chi connectivity index (χ1n) is 8.85. The first-order valence-corrected chi connectivity index (χ1v) is 8.85. The summed E-state index contributed by atoms with van der Waals surface area (Å²) in [4.78, 5) is 36.5. The van der Waals surface area contributed by atoms with Crippen molar-refractivity contribution in [2.24, 2.45) is 33.5 Å². The molecule has 0 aliphatic heterocycles. The van der Waals surface area contributed by atoms with Crippen LogP contribution in [-0.2, 0) is 23.9 Å². The van der Waals surface area contributed by atoms with E-state index in [4.69, 9.17) is 9.47 Å². The van der Waals surface area contributed by atoms with Gasteiger partial charge >= 0.3 is 11.9 Å². The average Bonchev–Trinajstić information content (AvgIpc) is 2.85. The molecule has 0 aromatic rings. The van der Waals surface area contributed by atoms with E-state index in [1.54, 1.807) is 0 Å². The summed E-state index contributed by atoms with van der Waals surface area (Å²) in [6.45, 7) is 11.1. The van der Waals surface area contributed by atoms with Gasteiger partial charge in [0.15, 0.2) is 0 Å². The van der Waals surface area contributed by atoms with Crippen molar-refractivity contribution in [3.05, 3.63) is 0 Å². The Labute approximate surface area is 142 Å². The van der Waals surface area contributed by atoms with E-state index < -0.39 is 10.8 Å². The second-order valence-electron chi connectivity index (χ2n) is 9.22. The second kappa shape index (κ2) is 4.05. The molecule has 0 N–H and O–H groups in total. The molecule has 0 saturated heterocycles. The maximum Gasteiger partial charge on any atom is 0.302 e. The van der Waals surface area contributed by atoms with Crippen molar-refractivity contribution in [1.82, 2.24) is 0 Å². The Kier molecular flexibility index (Phi) is 2.72. The van der Waals surface area contributed by atoms with Gasteiger partial charge in [-0.05, 0) is 17.8 Å². The molecular weight excluding hydrogens is 308 g/mol. The first kappa shape index (κ1) is 16.1. The molecule has 0 aromatic carbocycles. The fourth-order valence-electron chi connectivity index (χ4n) is 7.70. The summed E-state index contributed by atoms with van der Waals surface area (Å²) in [6.07, 6.45) is 0.607. The van der Waals surface area contributed by atoms with E-state index in [0.29, 0.717) is 12.3 Å². The van der Waals surface area contributed by atoms with Crippen LogP contribution in [0.25, 0.3) is 0 Å². The third-order valence-corrected chi connectivity index (χ3v) is 8.20. The molecule has 0 radical (unpaired) electrons. The predicted octanol–water partition coefficient (Wildman–Crippen LogP) is 2.51. The van der Waals surface area contributed by atoms with Gasteiger partial charge in [-0.2, -0.15) is 0 Å². The zero-order chi connectivity index (χ0) is 17.9. The monoisotopic (exact) mass is 334 g/mol. The van der Waals surface area contributed by atoms with Gasteiger partial charge in [0, 0.05) is 37.0 Å². The number of Topliss-reactive ketones (excluding diaryl/α,β-unsaturated/α-hetero) is 1. The molecule has 5 nitrogen and oxygen atoms in total.